The first kappa shape index (κ1) is 17.2. The molecule has 2 aliphatic heterocycles. The summed E-state index contributed by atoms with van der Waals surface area (Å²) in [4.78, 5) is 4.69. The van der Waals surface area contributed by atoms with Crippen molar-refractivity contribution in [3.63, 3.8) is 0 Å². The van der Waals surface area contributed by atoms with Gasteiger partial charge in [0.15, 0.2) is 0 Å². The van der Waals surface area contributed by atoms with Crippen molar-refractivity contribution in [1.82, 2.24) is 9.80 Å². The van der Waals surface area contributed by atoms with Crippen molar-refractivity contribution in [2.45, 2.75) is 63.9 Å². The van der Waals surface area contributed by atoms with Gasteiger partial charge in [-0.3, -0.25) is 9.80 Å². The molecule has 5 nitrogen and oxygen atoms in total. The molecule has 0 amide bonds. The summed E-state index contributed by atoms with van der Waals surface area (Å²) >= 11 is 0. The summed E-state index contributed by atoms with van der Waals surface area (Å²) in [6, 6.07) is 0.445. The zero-order valence-corrected chi connectivity index (χ0v) is 13.6. The first-order valence-electron chi connectivity index (χ1n) is 8.49. The number of hydrogen-bond acceptors (Lipinski definition) is 5. The van der Waals surface area contributed by atoms with E-state index in [0.29, 0.717) is 6.04 Å². The second kappa shape index (κ2) is 8.44. The minimum atomic E-state index is -0.318. The number of piperidine rings is 1. The maximum atomic E-state index is 10.4. The summed E-state index contributed by atoms with van der Waals surface area (Å²) in [5.74, 6) is 0. The van der Waals surface area contributed by atoms with Gasteiger partial charge in [-0.05, 0) is 39.7 Å². The van der Waals surface area contributed by atoms with E-state index >= 15 is 0 Å². The summed E-state index contributed by atoms with van der Waals surface area (Å²) in [6.07, 6.45) is 4.62. The van der Waals surface area contributed by atoms with Crippen LogP contribution < -0.4 is 0 Å². The predicted octanol–water partition coefficient (Wildman–Crippen LogP) is 0.693. The van der Waals surface area contributed by atoms with Gasteiger partial charge in [0.25, 0.3) is 0 Å². The monoisotopic (exact) mass is 300 g/mol. The summed E-state index contributed by atoms with van der Waals surface area (Å²) in [5.41, 5.74) is 0. The Kier molecular flexibility index (Phi) is 6.89. The van der Waals surface area contributed by atoms with Gasteiger partial charge >= 0.3 is 0 Å². The van der Waals surface area contributed by atoms with Crippen molar-refractivity contribution in [1.29, 1.82) is 0 Å². The maximum Gasteiger partial charge on any atom is 0.0793 e. The fraction of sp³-hybridized carbons (Fsp3) is 1.00. The van der Waals surface area contributed by atoms with Crippen molar-refractivity contribution in [2.75, 3.05) is 39.3 Å². The van der Waals surface area contributed by atoms with Gasteiger partial charge in [-0.25, -0.2) is 0 Å². The molecule has 2 rings (SSSR count). The average Bonchev–Trinajstić information content (AvgIpc) is 2.40. The zero-order valence-electron chi connectivity index (χ0n) is 13.6. The Morgan fingerprint density at radius 3 is 2.52 bits per heavy atom. The van der Waals surface area contributed by atoms with E-state index < -0.39 is 0 Å². The van der Waals surface area contributed by atoms with Gasteiger partial charge in [0.1, 0.15) is 0 Å². The van der Waals surface area contributed by atoms with Crippen molar-refractivity contribution in [3.05, 3.63) is 0 Å². The van der Waals surface area contributed by atoms with Crippen LogP contribution in [-0.2, 0) is 4.74 Å². The van der Waals surface area contributed by atoms with Crippen molar-refractivity contribution in [2.24, 2.45) is 0 Å². The molecule has 4 atom stereocenters. The van der Waals surface area contributed by atoms with Gasteiger partial charge in [-0.2, -0.15) is 0 Å². The van der Waals surface area contributed by atoms with Crippen LogP contribution in [0.25, 0.3) is 0 Å². The van der Waals surface area contributed by atoms with Crippen molar-refractivity contribution >= 4 is 0 Å². The van der Waals surface area contributed by atoms with Gasteiger partial charge in [0.2, 0.25) is 0 Å². The third kappa shape index (κ3) is 5.49. The standard InChI is InChI=1S/C16H32N2O3/c1-13-9-17(10-14(2)21-13)11-16(20)12-18-7-4-3-5-15(18)6-8-19/h13-16,19-20H,3-12H2,1-2H3. The number of hydrogen-bond donors (Lipinski definition) is 2. The van der Waals surface area contributed by atoms with E-state index in [1.54, 1.807) is 0 Å². The van der Waals surface area contributed by atoms with E-state index in [1.807, 2.05) is 0 Å². The molecule has 2 N–H and O–H groups in total. The van der Waals surface area contributed by atoms with Crippen LogP contribution in [0.3, 0.4) is 0 Å². The van der Waals surface area contributed by atoms with Crippen LogP contribution in [0.4, 0.5) is 0 Å². The normalized spacial score (nSPS) is 34.0. The van der Waals surface area contributed by atoms with E-state index in [2.05, 4.69) is 23.6 Å². The fourth-order valence-corrected chi connectivity index (χ4v) is 3.84. The minimum Gasteiger partial charge on any atom is -0.396 e. The van der Waals surface area contributed by atoms with E-state index in [4.69, 9.17) is 4.74 Å². The van der Waals surface area contributed by atoms with Crippen molar-refractivity contribution < 1.29 is 14.9 Å². The second-order valence-electron chi connectivity index (χ2n) is 6.79. The average molecular weight is 300 g/mol. The van der Waals surface area contributed by atoms with Crippen molar-refractivity contribution in [3.8, 4) is 0 Å². The lowest BCUT2D eigenvalue weighted by atomic mass is 9.99. The molecule has 0 bridgehead atoms. The van der Waals surface area contributed by atoms with E-state index in [9.17, 15) is 10.2 Å². The number of ether oxygens (including phenoxy) is 1. The minimum absolute atomic E-state index is 0.246. The highest BCUT2D eigenvalue weighted by Crippen LogP contribution is 2.20. The highest BCUT2D eigenvalue weighted by Gasteiger charge is 2.27. The fourth-order valence-electron chi connectivity index (χ4n) is 3.84. The number of β-amino-alcohol motifs (C(OH)–C–C–N with tert-alkyl or cyclic N) is 1. The van der Waals surface area contributed by atoms with Gasteiger partial charge in [-0.15, -0.1) is 0 Å². The Morgan fingerprint density at radius 2 is 1.86 bits per heavy atom. The Bertz CT molecular complexity index is 291. The maximum absolute atomic E-state index is 10.4. The second-order valence-corrected chi connectivity index (χ2v) is 6.79. The van der Waals surface area contributed by atoms with Crippen LogP contribution in [0.5, 0.6) is 0 Å². The molecule has 2 fully saturated rings. The topological polar surface area (TPSA) is 56.2 Å². The lowest BCUT2D eigenvalue weighted by Crippen LogP contribution is -2.51. The molecular weight excluding hydrogens is 268 g/mol. The quantitative estimate of drug-likeness (QED) is 0.756. The first-order chi connectivity index (χ1) is 10.1. The van der Waals surface area contributed by atoms with Gasteiger partial charge in [0, 0.05) is 38.8 Å². The number of aliphatic hydroxyl groups excluding tert-OH is 2. The number of morpholine rings is 1. The van der Waals surface area contributed by atoms with Crippen LogP contribution in [-0.4, -0.2) is 83.7 Å². The molecular formula is C16H32N2O3. The lowest BCUT2D eigenvalue weighted by Gasteiger charge is -2.39. The van der Waals surface area contributed by atoms with Crippen LogP contribution >= 0.6 is 0 Å². The molecule has 0 spiro atoms. The van der Waals surface area contributed by atoms with Crippen LogP contribution in [0.1, 0.15) is 39.5 Å². The smallest absolute Gasteiger partial charge is 0.0793 e. The number of nitrogens with zero attached hydrogens (tertiary/aromatic N) is 2. The first-order valence-corrected chi connectivity index (χ1v) is 8.49. The largest absolute Gasteiger partial charge is 0.396 e. The van der Waals surface area contributed by atoms with Gasteiger partial charge in [0.05, 0.1) is 18.3 Å². The summed E-state index contributed by atoms with van der Waals surface area (Å²) in [6.45, 7) is 8.75. The SMILES string of the molecule is CC1CN(CC(O)CN2CCCCC2CCO)CC(C)O1. The van der Waals surface area contributed by atoms with Crippen LogP contribution in [0, 0.1) is 0 Å². The summed E-state index contributed by atoms with van der Waals surface area (Å²) in [7, 11) is 0. The van der Waals surface area contributed by atoms with E-state index in [-0.39, 0.29) is 24.9 Å². The highest BCUT2D eigenvalue weighted by atomic mass is 16.5. The van der Waals surface area contributed by atoms with Gasteiger partial charge < -0.3 is 14.9 Å². The third-order valence-corrected chi connectivity index (χ3v) is 4.62. The molecule has 124 valence electrons. The molecule has 2 heterocycles. The molecule has 5 heteroatoms. The molecule has 0 aromatic rings. The Morgan fingerprint density at radius 1 is 1.14 bits per heavy atom. The molecule has 2 saturated heterocycles. The molecule has 0 aliphatic carbocycles. The van der Waals surface area contributed by atoms with Crippen LogP contribution in [0.15, 0.2) is 0 Å². The molecule has 0 radical (unpaired) electrons. The molecule has 2 aliphatic rings. The summed E-state index contributed by atoms with van der Waals surface area (Å²) in [5, 5.41) is 19.6. The zero-order chi connectivity index (χ0) is 15.2. The molecule has 0 saturated carbocycles. The molecule has 21 heavy (non-hydrogen) atoms. The highest BCUT2D eigenvalue weighted by molar-refractivity contribution is 4.81. The Hall–Kier alpha value is -0.200. The summed E-state index contributed by atoms with van der Waals surface area (Å²) < 4.78 is 5.74. The number of likely N-dealkylation sites (tertiary alicyclic amines) is 1. The van der Waals surface area contributed by atoms with Gasteiger partial charge in [-0.1, -0.05) is 6.42 Å². The molecule has 0 aromatic heterocycles. The number of aliphatic hydroxyl groups is 2. The van der Waals surface area contributed by atoms with E-state index in [1.165, 1.54) is 12.8 Å². The third-order valence-electron chi connectivity index (χ3n) is 4.62. The molecule has 0 aromatic carbocycles. The van der Waals surface area contributed by atoms with Crippen LogP contribution in [0.2, 0.25) is 0 Å². The Balaban J connectivity index is 1.78. The lowest BCUT2D eigenvalue weighted by molar-refractivity contribution is -0.0792. The van der Waals surface area contributed by atoms with E-state index in [0.717, 1.165) is 45.6 Å². The number of rotatable bonds is 6. The Labute approximate surface area is 128 Å². The predicted molar refractivity (Wildman–Crippen MR) is 83.4 cm³/mol. The molecule has 4 unspecified atom stereocenters.